The third-order valence-electron chi connectivity index (χ3n) is 4.87. The Hall–Kier alpha value is -3.63. The minimum absolute atomic E-state index is 0.0796. The van der Waals surface area contributed by atoms with Crippen LogP contribution in [0.1, 0.15) is 36.7 Å². The van der Waals surface area contributed by atoms with Gasteiger partial charge >= 0.3 is 0 Å². The van der Waals surface area contributed by atoms with Crippen molar-refractivity contribution in [1.82, 2.24) is 9.38 Å². The van der Waals surface area contributed by atoms with E-state index in [2.05, 4.69) is 59.5 Å². The number of hydrogen-bond acceptors (Lipinski definition) is 2. The van der Waals surface area contributed by atoms with Crippen LogP contribution in [0.3, 0.4) is 0 Å². The first-order valence-corrected chi connectivity index (χ1v) is 9.00. The zero-order valence-corrected chi connectivity index (χ0v) is 15.9. The molecule has 0 aliphatic heterocycles. The van der Waals surface area contributed by atoms with Crippen LogP contribution in [0.2, 0.25) is 0 Å². The average Bonchev–Trinajstić information content (AvgIpc) is 3.16. The number of azide groups is 1. The van der Waals surface area contributed by atoms with Gasteiger partial charge in [-0.3, -0.25) is 4.79 Å². The highest BCUT2D eigenvalue weighted by molar-refractivity contribution is 5.99. The molecule has 0 radical (unpaired) electrons. The van der Waals surface area contributed by atoms with E-state index in [4.69, 9.17) is 10.5 Å². The Balaban J connectivity index is 1.93. The van der Waals surface area contributed by atoms with Crippen LogP contribution >= 0.6 is 0 Å². The predicted octanol–water partition coefficient (Wildman–Crippen LogP) is 5.90. The number of fused-ring (bicyclic) bond motifs is 3. The number of benzene rings is 2. The van der Waals surface area contributed by atoms with Gasteiger partial charge in [0.15, 0.2) is 0 Å². The highest BCUT2D eigenvalue weighted by atomic mass is 16.1. The van der Waals surface area contributed by atoms with Crippen LogP contribution in [0.4, 0.5) is 0 Å². The first-order chi connectivity index (χ1) is 13.4. The second-order valence-corrected chi connectivity index (χ2v) is 7.75. The molecule has 0 saturated carbocycles. The SMILES string of the molecule is CC(C)(C)c1ccc(-c2nc3cc(C(=O)N=[N+]=[N-])ccc3n3cccc23)cc1. The number of amides is 1. The van der Waals surface area contributed by atoms with Crippen LogP contribution in [0, 0.1) is 0 Å². The van der Waals surface area contributed by atoms with Crippen molar-refractivity contribution in [2.45, 2.75) is 26.2 Å². The predicted molar refractivity (Wildman–Crippen MR) is 110 cm³/mol. The Bertz CT molecular complexity index is 1260. The summed E-state index contributed by atoms with van der Waals surface area (Å²) in [5.74, 6) is -0.616. The summed E-state index contributed by atoms with van der Waals surface area (Å²) in [6.45, 7) is 6.55. The molecule has 0 aliphatic rings. The Morgan fingerprint density at radius 1 is 1.07 bits per heavy atom. The summed E-state index contributed by atoms with van der Waals surface area (Å²) < 4.78 is 2.05. The summed E-state index contributed by atoms with van der Waals surface area (Å²) in [6.07, 6.45) is 1.97. The lowest BCUT2D eigenvalue weighted by Crippen LogP contribution is -2.10. The second-order valence-electron chi connectivity index (χ2n) is 7.75. The van der Waals surface area contributed by atoms with Gasteiger partial charge in [-0.1, -0.05) is 45.0 Å². The van der Waals surface area contributed by atoms with Crippen LogP contribution in [0.25, 0.3) is 38.3 Å². The van der Waals surface area contributed by atoms with Gasteiger partial charge in [0.05, 0.1) is 22.2 Å². The molecule has 2 heterocycles. The zero-order chi connectivity index (χ0) is 19.9. The van der Waals surface area contributed by atoms with Crippen molar-refractivity contribution in [1.29, 1.82) is 0 Å². The quantitative estimate of drug-likeness (QED) is 0.250. The average molecular weight is 369 g/mol. The van der Waals surface area contributed by atoms with E-state index in [1.54, 1.807) is 12.1 Å². The summed E-state index contributed by atoms with van der Waals surface area (Å²) in [6, 6.07) is 17.6. The fourth-order valence-electron chi connectivity index (χ4n) is 3.35. The molecule has 0 unspecified atom stereocenters. The van der Waals surface area contributed by atoms with Crippen molar-refractivity contribution < 1.29 is 4.79 Å². The summed E-state index contributed by atoms with van der Waals surface area (Å²) >= 11 is 0. The number of nitrogens with zero attached hydrogens (tertiary/aromatic N) is 5. The van der Waals surface area contributed by atoms with Crippen LogP contribution < -0.4 is 0 Å². The molecule has 138 valence electrons. The molecule has 0 aliphatic carbocycles. The Morgan fingerprint density at radius 2 is 1.82 bits per heavy atom. The molecule has 28 heavy (non-hydrogen) atoms. The second kappa shape index (κ2) is 6.51. The molecule has 0 spiro atoms. The third kappa shape index (κ3) is 3.00. The minimum Gasteiger partial charge on any atom is -0.313 e. The van der Waals surface area contributed by atoms with Crippen molar-refractivity contribution in [2.24, 2.45) is 5.11 Å². The molecule has 0 atom stereocenters. The highest BCUT2D eigenvalue weighted by Crippen LogP contribution is 2.30. The van der Waals surface area contributed by atoms with Gasteiger partial charge in [0, 0.05) is 22.2 Å². The van der Waals surface area contributed by atoms with Crippen LogP contribution in [-0.2, 0) is 5.41 Å². The maximum atomic E-state index is 11.9. The number of aromatic nitrogens is 2. The van der Waals surface area contributed by atoms with E-state index < -0.39 is 5.91 Å². The molecule has 2 aromatic carbocycles. The Kier molecular flexibility index (Phi) is 4.13. The normalized spacial score (nSPS) is 11.5. The van der Waals surface area contributed by atoms with E-state index in [1.807, 2.05) is 24.4 Å². The maximum Gasteiger partial charge on any atom is 0.249 e. The number of carbonyl (C=O) groups is 1. The lowest BCUT2D eigenvalue weighted by atomic mass is 9.86. The van der Waals surface area contributed by atoms with Gasteiger partial charge in [0.25, 0.3) is 0 Å². The fraction of sp³-hybridized carbons (Fsp3) is 0.182. The van der Waals surface area contributed by atoms with E-state index in [0.29, 0.717) is 11.1 Å². The smallest absolute Gasteiger partial charge is 0.249 e. The standard InChI is InChI=1S/C22H19N5O/c1-22(2,3)16-9-6-14(7-10-16)20-19-5-4-12-27(19)18-11-8-15(13-17(18)24-20)21(28)25-26-23/h4-13H,1-3H3. The summed E-state index contributed by atoms with van der Waals surface area (Å²) in [7, 11) is 0. The Morgan fingerprint density at radius 3 is 2.50 bits per heavy atom. The first kappa shape index (κ1) is 17.8. The van der Waals surface area contributed by atoms with E-state index in [1.165, 1.54) is 5.56 Å². The first-order valence-electron chi connectivity index (χ1n) is 9.00. The molecule has 0 fully saturated rings. The summed E-state index contributed by atoms with van der Waals surface area (Å²) in [4.78, 5) is 19.3. The lowest BCUT2D eigenvalue weighted by Gasteiger charge is -2.19. The monoisotopic (exact) mass is 369 g/mol. The van der Waals surface area contributed by atoms with Gasteiger partial charge in [0.2, 0.25) is 5.91 Å². The van der Waals surface area contributed by atoms with Crippen LogP contribution in [0.15, 0.2) is 65.9 Å². The van der Waals surface area contributed by atoms with E-state index >= 15 is 0 Å². The fourth-order valence-corrected chi connectivity index (χ4v) is 3.35. The van der Waals surface area contributed by atoms with Crippen molar-refractivity contribution in [2.75, 3.05) is 0 Å². The molecular formula is C22H19N5O. The largest absolute Gasteiger partial charge is 0.313 e. The molecule has 6 heteroatoms. The number of carbonyl (C=O) groups excluding carboxylic acids is 1. The molecule has 4 aromatic rings. The van der Waals surface area contributed by atoms with Crippen LogP contribution in [0.5, 0.6) is 0 Å². The molecule has 2 aromatic heterocycles. The van der Waals surface area contributed by atoms with E-state index in [9.17, 15) is 4.79 Å². The molecule has 0 N–H and O–H groups in total. The Labute approximate surface area is 162 Å². The van der Waals surface area contributed by atoms with Crippen molar-refractivity contribution in [3.63, 3.8) is 0 Å². The number of rotatable bonds is 2. The van der Waals surface area contributed by atoms with Crippen molar-refractivity contribution in [3.8, 4) is 11.3 Å². The molecule has 0 saturated heterocycles. The molecule has 6 nitrogen and oxygen atoms in total. The van der Waals surface area contributed by atoms with Gasteiger partial charge in [-0.15, -0.1) is 0 Å². The van der Waals surface area contributed by atoms with Gasteiger partial charge in [-0.2, -0.15) is 0 Å². The number of hydrogen-bond donors (Lipinski definition) is 0. The summed E-state index contributed by atoms with van der Waals surface area (Å²) in [5.41, 5.74) is 14.5. The van der Waals surface area contributed by atoms with E-state index in [0.717, 1.165) is 22.3 Å². The van der Waals surface area contributed by atoms with E-state index in [-0.39, 0.29) is 5.41 Å². The minimum atomic E-state index is -0.616. The van der Waals surface area contributed by atoms with Gasteiger partial charge < -0.3 is 4.40 Å². The summed E-state index contributed by atoms with van der Waals surface area (Å²) in [5, 5.41) is 3.17. The molecule has 1 amide bonds. The van der Waals surface area contributed by atoms with Crippen molar-refractivity contribution >= 4 is 22.5 Å². The van der Waals surface area contributed by atoms with Gasteiger partial charge in [-0.05, 0) is 52.0 Å². The van der Waals surface area contributed by atoms with Crippen LogP contribution in [-0.4, -0.2) is 15.3 Å². The topological polar surface area (TPSA) is 83.1 Å². The third-order valence-corrected chi connectivity index (χ3v) is 4.87. The maximum absolute atomic E-state index is 11.9. The lowest BCUT2D eigenvalue weighted by molar-refractivity contribution is 0.100. The van der Waals surface area contributed by atoms with Gasteiger partial charge in [-0.25, -0.2) is 4.98 Å². The zero-order valence-electron chi connectivity index (χ0n) is 15.9. The van der Waals surface area contributed by atoms with Crippen molar-refractivity contribution in [3.05, 3.63) is 82.4 Å². The van der Waals surface area contributed by atoms with Gasteiger partial charge in [0.1, 0.15) is 0 Å². The highest BCUT2D eigenvalue weighted by Gasteiger charge is 2.15. The molecular weight excluding hydrogens is 350 g/mol. The molecule has 4 rings (SSSR count). The molecule has 0 bridgehead atoms.